The number of hydrogen-bond acceptors (Lipinski definition) is 5. The van der Waals surface area contributed by atoms with Crippen molar-refractivity contribution in [3.63, 3.8) is 0 Å². The van der Waals surface area contributed by atoms with Gasteiger partial charge in [-0.3, -0.25) is 9.80 Å². The van der Waals surface area contributed by atoms with Crippen molar-refractivity contribution in [3.05, 3.63) is 47.5 Å². The average Bonchev–Trinajstić information content (AvgIpc) is 2.88. The molecule has 0 spiro atoms. The van der Waals surface area contributed by atoms with Gasteiger partial charge in [0.05, 0.1) is 25.3 Å². The van der Waals surface area contributed by atoms with Gasteiger partial charge in [0, 0.05) is 20.1 Å². The Hall–Kier alpha value is -1.76. The summed E-state index contributed by atoms with van der Waals surface area (Å²) in [6.07, 6.45) is 0.144. The van der Waals surface area contributed by atoms with Gasteiger partial charge in [-0.1, -0.05) is 30.3 Å². The highest BCUT2D eigenvalue weighted by molar-refractivity contribution is 5.21. The Morgan fingerprint density at radius 1 is 1.21 bits per heavy atom. The first-order chi connectivity index (χ1) is 11.6. The first-order valence-corrected chi connectivity index (χ1v) is 8.46. The Kier molecular flexibility index (Phi) is 5.28. The number of nitrogens with zero attached hydrogens (tertiary/aromatic N) is 5. The van der Waals surface area contributed by atoms with Gasteiger partial charge in [0.15, 0.2) is 0 Å². The average molecular weight is 329 g/mol. The molecule has 6 nitrogen and oxygen atoms in total. The molecule has 130 valence electrons. The zero-order chi connectivity index (χ0) is 17.1. The van der Waals surface area contributed by atoms with Crippen LogP contribution in [0.15, 0.2) is 30.3 Å². The number of aryl methyl sites for hydroxylation is 1. The summed E-state index contributed by atoms with van der Waals surface area (Å²) in [5.41, 5.74) is 1.31. The second-order valence-corrected chi connectivity index (χ2v) is 6.66. The Bertz CT molecular complexity index is 657. The molecule has 2 heterocycles. The standard InChI is InChI=1S/C18H27N5O/c1-14-19-20-17(23(14)4)13-21(2)12-16-18(22(3)10-11-24-16)15-8-6-5-7-9-15/h5-9,16,18H,10-13H2,1-4H3/t16-,18-/m0/s1. The summed E-state index contributed by atoms with van der Waals surface area (Å²) in [4.78, 5) is 4.66. The highest BCUT2D eigenvalue weighted by Gasteiger charge is 2.32. The predicted molar refractivity (Wildman–Crippen MR) is 93.6 cm³/mol. The molecule has 0 bridgehead atoms. The van der Waals surface area contributed by atoms with Crippen molar-refractivity contribution in [2.24, 2.45) is 7.05 Å². The van der Waals surface area contributed by atoms with Crippen LogP contribution in [0.5, 0.6) is 0 Å². The minimum atomic E-state index is 0.144. The zero-order valence-electron chi connectivity index (χ0n) is 15.0. The van der Waals surface area contributed by atoms with Crippen LogP contribution in [-0.4, -0.2) is 64.5 Å². The summed E-state index contributed by atoms with van der Waals surface area (Å²) in [5, 5.41) is 8.40. The summed E-state index contributed by atoms with van der Waals surface area (Å²) in [5.74, 6) is 1.92. The fourth-order valence-corrected chi connectivity index (χ4v) is 3.34. The fourth-order valence-electron chi connectivity index (χ4n) is 3.34. The molecule has 2 aromatic rings. The second-order valence-electron chi connectivity index (χ2n) is 6.66. The molecule has 1 fully saturated rings. The van der Waals surface area contributed by atoms with E-state index in [-0.39, 0.29) is 12.1 Å². The maximum Gasteiger partial charge on any atom is 0.146 e. The molecule has 1 aromatic heterocycles. The van der Waals surface area contributed by atoms with E-state index in [1.807, 2.05) is 18.5 Å². The Balaban J connectivity index is 1.70. The molecule has 2 atom stereocenters. The lowest BCUT2D eigenvalue weighted by molar-refractivity contribution is -0.0745. The van der Waals surface area contributed by atoms with E-state index in [0.29, 0.717) is 0 Å². The third-order valence-electron chi connectivity index (χ3n) is 4.83. The summed E-state index contributed by atoms with van der Waals surface area (Å²) in [7, 11) is 6.30. The maximum absolute atomic E-state index is 6.13. The van der Waals surface area contributed by atoms with Crippen LogP contribution >= 0.6 is 0 Å². The number of aromatic nitrogens is 3. The normalized spacial score (nSPS) is 22.2. The van der Waals surface area contributed by atoms with Crippen molar-refractivity contribution in [2.75, 3.05) is 33.8 Å². The van der Waals surface area contributed by atoms with Crippen molar-refractivity contribution in [1.29, 1.82) is 0 Å². The van der Waals surface area contributed by atoms with Gasteiger partial charge in [-0.05, 0) is 26.6 Å². The monoisotopic (exact) mass is 329 g/mol. The van der Waals surface area contributed by atoms with Crippen LogP contribution in [0, 0.1) is 6.92 Å². The van der Waals surface area contributed by atoms with Gasteiger partial charge >= 0.3 is 0 Å². The number of morpholine rings is 1. The summed E-state index contributed by atoms with van der Waals surface area (Å²) in [6, 6.07) is 10.9. The number of ether oxygens (including phenoxy) is 1. The van der Waals surface area contributed by atoms with Crippen molar-refractivity contribution < 1.29 is 4.74 Å². The van der Waals surface area contributed by atoms with Gasteiger partial charge in [-0.25, -0.2) is 0 Å². The first-order valence-electron chi connectivity index (χ1n) is 8.46. The van der Waals surface area contributed by atoms with Crippen LogP contribution in [0.2, 0.25) is 0 Å². The van der Waals surface area contributed by atoms with Crippen LogP contribution in [0.4, 0.5) is 0 Å². The van der Waals surface area contributed by atoms with E-state index in [2.05, 4.69) is 64.4 Å². The van der Waals surface area contributed by atoms with E-state index in [0.717, 1.165) is 37.9 Å². The Morgan fingerprint density at radius 2 is 1.96 bits per heavy atom. The van der Waals surface area contributed by atoms with E-state index in [4.69, 9.17) is 4.74 Å². The third kappa shape index (κ3) is 3.66. The number of benzene rings is 1. The summed E-state index contributed by atoms with van der Waals surface area (Å²) < 4.78 is 8.17. The molecule has 0 saturated carbocycles. The Labute approximate surface area is 144 Å². The highest BCUT2D eigenvalue weighted by Crippen LogP contribution is 2.28. The van der Waals surface area contributed by atoms with Gasteiger partial charge in [0.2, 0.25) is 0 Å². The zero-order valence-corrected chi connectivity index (χ0v) is 15.0. The van der Waals surface area contributed by atoms with E-state index in [1.165, 1.54) is 5.56 Å². The number of rotatable bonds is 5. The summed E-state index contributed by atoms with van der Waals surface area (Å²) >= 11 is 0. The Morgan fingerprint density at radius 3 is 2.62 bits per heavy atom. The molecule has 6 heteroatoms. The van der Waals surface area contributed by atoms with Crippen molar-refractivity contribution in [3.8, 4) is 0 Å². The molecule has 0 aliphatic carbocycles. The first kappa shape index (κ1) is 17.1. The minimum Gasteiger partial charge on any atom is -0.374 e. The smallest absolute Gasteiger partial charge is 0.146 e. The van der Waals surface area contributed by atoms with Gasteiger partial charge in [0.1, 0.15) is 11.6 Å². The molecular formula is C18H27N5O. The second kappa shape index (κ2) is 7.42. The largest absolute Gasteiger partial charge is 0.374 e. The molecule has 0 radical (unpaired) electrons. The van der Waals surface area contributed by atoms with Gasteiger partial charge in [-0.2, -0.15) is 0 Å². The number of likely N-dealkylation sites (N-methyl/N-ethyl adjacent to an activating group) is 2. The van der Waals surface area contributed by atoms with E-state index >= 15 is 0 Å². The lowest BCUT2D eigenvalue weighted by Crippen LogP contribution is -2.47. The van der Waals surface area contributed by atoms with Gasteiger partial charge in [-0.15, -0.1) is 10.2 Å². The lowest BCUT2D eigenvalue weighted by Gasteiger charge is -2.40. The lowest BCUT2D eigenvalue weighted by atomic mass is 9.98. The molecule has 1 saturated heterocycles. The van der Waals surface area contributed by atoms with Crippen molar-refractivity contribution in [1.82, 2.24) is 24.6 Å². The molecule has 0 unspecified atom stereocenters. The van der Waals surface area contributed by atoms with E-state index < -0.39 is 0 Å². The molecule has 24 heavy (non-hydrogen) atoms. The van der Waals surface area contributed by atoms with Crippen LogP contribution in [0.1, 0.15) is 23.3 Å². The fraction of sp³-hybridized carbons (Fsp3) is 0.556. The molecule has 3 rings (SSSR count). The topological polar surface area (TPSA) is 46.4 Å². The summed E-state index contributed by atoms with van der Waals surface area (Å²) in [6.45, 7) is 5.34. The van der Waals surface area contributed by atoms with Gasteiger partial charge < -0.3 is 9.30 Å². The quantitative estimate of drug-likeness (QED) is 0.834. The molecule has 1 aliphatic rings. The number of hydrogen-bond donors (Lipinski definition) is 0. The molecule has 0 N–H and O–H groups in total. The third-order valence-corrected chi connectivity index (χ3v) is 4.83. The molecule has 1 aliphatic heterocycles. The van der Waals surface area contributed by atoms with Crippen LogP contribution in [-0.2, 0) is 18.3 Å². The van der Waals surface area contributed by atoms with Crippen LogP contribution in [0.25, 0.3) is 0 Å². The van der Waals surface area contributed by atoms with Crippen molar-refractivity contribution in [2.45, 2.75) is 25.6 Å². The highest BCUT2D eigenvalue weighted by atomic mass is 16.5. The molecule has 1 aromatic carbocycles. The van der Waals surface area contributed by atoms with Crippen LogP contribution in [0.3, 0.4) is 0 Å². The van der Waals surface area contributed by atoms with Crippen LogP contribution < -0.4 is 0 Å². The van der Waals surface area contributed by atoms with E-state index in [9.17, 15) is 0 Å². The maximum atomic E-state index is 6.13. The van der Waals surface area contributed by atoms with Crippen molar-refractivity contribution >= 4 is 0 Å². The molecule has 0 amide bonds. The molecular weight excluding hydrogens is 302 g/mol. The predicted octanol–water partition coefficient (Wildman–Crippen LogP) is 1.63. The van der Waals surface area contributed by atoms with Gasteiger partial charge in [0.25, 0.3) is 0 Å². The van der Waals surface area contributed by atoms with E-state index in [1.54, 1.807) is 0 Å². The SMILES string of the molecule is Cc1nnc(CN(C)C[C@@H]2OCCN(C)[C@H]2c2ccccc2)n1C. The minimum absolute atomic E-state index is 0.144.